The molecule has 0 bridgehead atoms. The highest BCUT2D eigenvalue weighted by atomic mass is 32.2. The van der Waals surface area contributed by atoms with Crippen molar-refractivity contribution >= 4 is 15.9 Å². The number of aliphatic hydroxyl groups excluding tert-OH is 1. The number of rotatable bonds is 7. The summed E-state index contributed by atoms with van der Waals surface area (Å²) < 4.78 is 75.1. The fourth-order valence-corrected chi connectivity index (χ4v) is 5.75. The zero-order valence-electron chi connectivity index (χ0n) is 20.6. The highest BCUT2D eigenvalue weighted by Gasteiger charge is 2.46. The first-order valence-electron chi connectivity index (χ1n) is 11.8. The summed E-state index contributed by atoms with van der Waals surface area (Å²) in [7, 11) is -4.76. The van der Waals surface area contributed by atoms with Gasteiger partial charge in [-0.05, 0) is 56.2 Å². The van der Waals surface area contributed by atoms with Gasteiger partial charge in [-0.2, -0.15) is 13.2 Å². The molecule has 4 rings (SSSR count). The zero-order chi connectivity index (χ0) is 27.7. The third-order valence-electron chi connectivity index (χ3n) is 6.31. The van der Waals surface area contributed by atoms with Crippen LogP contribution < -0.4 is 14.8 Å². The van der Waals surface area contributed by atoms with Crippen molar-refractivity contribution in [2.45, 2.75) is 49.1 Å². The molecule has 0 spiro atoms. The number of amides is 1. The van der Waals surface area contributed by atoms with Crippen LogP contribution >= 0.6 is 0 Å². The quantitative estimate of drug-likeness (QED) is 0.410. The summed E-state index contributed by atoms with van der Waals surface area (Å²) in [6.07, 6.45) is -5.81. The number of hydrogen-bond donors (Lipinski definition) is 3. The molecule has 0 saturated heterocycles. The van der Waals surface area contributed by atoms with Gasteiger partial charge in [0.05, 0.1) is 16.5 Å². The van der Waals surface area contributed by atoms with Crippen molar-refractivity contribution in [3.8, 4) is 5.75 Å². The molecule has 1 aliphatic rings. The van der Waals surface area contributed by atoms with Gasteiger partial charge in [0.15, 0.2) is 0 Å². The van der Waals surface area contributed by atoms with Gasteiger partial charge in [-0.25, -0.2) is 13.1 Å². The number of hydrogen-bond acceptors (Lipinski definition) is 5. The lowest BCUT2D eigenvalue weighted by Crippen LogP contribution is -2.53. The Bertz CT molecular complexity index is 1430. The fraction of sp³-hybridized carbons (Fsp3) is 0.296. The third-order valence-corrected chi connectivity index (χ3v) is 7.81. The van der Waals surface area contributed by atoms with E-state index in [0.29, 0.717) is 19.0 Å². The molecule has 0 fully saturated rings. The van der Waals surface area contributed by atoms with Crippen LogP contribution in [0.1, 0.15) is 46.9 Å². The van der Waals surface area contributed by atoms with E-state index in [1.165, 1.54) is 38.1 Å². The Balaban J connectivity index is 1.63. The van der Waals surface area contributed by atoms with Gasteiger partial charge < -0.3 is 15.2 Å². The molecular weight excluding hydrogens is 521 g/mol. The predicted octanol–water partition coefficient (Wildman–Crippen LogP) is 4.23. The molecule has 3 aromatic rings. The molecule has 0 saturated carbocycles. The van der Waals surface area contributed by atoms with Crippen LogP contribution in [0.25, 0.3) is 0 Å². The number of sulfonamides is 1. The number of fused-ring (bicyclic) bond motifs is 1. The maximum Gasteiger partial charge on any atom is 0.417 e. The van der Waals surface area contributed by atoms with E-state index >= 15 is 0 Å². The van der Waals surface area contributed by atoms with Gasteiger partial charge in [0.2, 0.25) is 10.0 Å². The Hall–Kier alpha value is -3.41. The number of ether oxygens (including phenoxy) is 1. The summed E-state index contributed by atoms with van der Waals surface area (Å²) >= 11 is 0. The lowest BCUT2D eigenvalue weighted by molar-refractivity contribution is -0.139. The van der Waals surface area contributed by atoms with Crippen LogP contribution in [0.15, 0.2) is 77.7 Å². The Morgan fingerprint density at radius 2 is 1.68 bits per heavy atom. The molecule has 0 aromatic heterocycles. The van der Waals surface area contributed by atoms with Crippen molar-refractivity contribution < 1.29 is 36.2 Å². The molecule has 202 valence electrons. The molecule has 11 heteroatoms. The van der Waals surface area contributed by atoms with Gasteiger partial charge in [-0.3, -0.25) is 4.79 Å². The number of aliphatic hydroxyl groups is 1. The van der Waals surface area contributed by atoms with Crippen molar-refractivity contribution in [3.63, 3.8) is 0 Å². The summed E-state index contributed by atoms with van der Waals surface area (Å²) in [5, 5.41) is 13.8. The Kier molecular flexibility index (Phi) is 7.55. The van der Waals surface area contributed by atoms with E-state index in [1.807, 2.05) is 30.3 Å². The smallest absolute Gasteiger partial charge is 0.417 e. The molecule has 1 aliphatic heterocycles. The van der Waals surface area contributed by atoms with Gasteiger partial charge in [0, 0.05) is 17.7 Å². The second kappa shape index (κ2) is 10.4. The van der Waals surface area contributed by atoms with Crippen LogP contribution in [0.5, 0.6) is 5.75 Å². The van der Waals surface area contributed by atoms with Crippen LogP contribution in [0.4, 0.5) is 13.2 Å². The second-order valence-corrected chi connectivity index (χ2v) is 11.2. The maximum atomic E-state index is 13.5. The van der Waals surface area contributed by atoms with Crippen molar-refractivity contribution in [2.24, 2.45) is 0 Å². The monoisotopic (exact) mass is 548 g/mol. The highest BCUT2D eigenvalue weighted by Crippen LogP contribution is 2.42. The number of carbonyl (C=O) groups excluding carboxylic acids is 1. The predicted molar refractivity (Wildman–Crippen MR) is 134 cm³/mol. The molecule has 3 N–H and O–H groups in total. The van der Waals surface area contributed by atoms with E-state index in [4.69, 9.17) is 4.74 Å². The summed E-state index contributed by atoms with van der Waals surface area (Å²) in [5.74, 6) is -0.245. The van der Waals surface area contributed by atoms with E-state index in [1.54, 1.807) is 0 Å². The number of nitrogens with one attached hydrogen (secondary N) is 2. The summed E-state index contributed by atoms with van der Waals surface area (Å²) in [6, 6.07) is 16.3. The number of carbonyl (C=O) groups is 1. The van der Waals surface area contributed by atoms with Crippen molar-refractivity contribution in [1.82, 2.24) is 10.0 Å². The lowest BCUT2D eigenvalue weighted by atomic mass is 9.86. The summed E-state index contributed by atoms with van der Waals surface area (Å²) in [4.78, 5) is 11.8. The van der Waals surface area contributed by atoms with Crippen molar-refractivity contribution in [1.29, 1.82) is 0 Å². The Morgan fingerprint density at radius 1 is 1.03 bits per heavy atom. The molecule has 1 heterocycles. The van der Waals surface area contributed by atoms with Gasteiger partial charge in [-0.1, -0.05) is 42.5 Å². The minimum Gasteiger partial charge on any atom is -0.485 e. The minimum atomic E-state index is -4.91. The van der Waals surface area contributed by atoms with E-state index in [-0.39, 0.29) is 16.9 Å². The SMILES string of the molecule is CC1(C)Oc2ccc(C(=O)NCCc3ccccc3)cc2[C@@H](NS(=O)(=O)c2ccccc2C(F)(F)F)[C@@H]1O. The first-order valence-corrected chi connectivity index (χ1v) is 13.3. The summed E-state index contributed by atoms with van der Waals surface area (Å²) in [5.41, 5.74) is -1.29. The second-order valence-electron chi connectivity index (χ2n) is 9.49. The largest absolute Gasteiger partial charge is 0.485 e. The average molecular weight is 549 g/mol. The fourth-order valence-electron chi connectivity index (χ4n) is 4.30. The van der Waals surface area contributed by atoms with Crippen LogP contribution in [0.3, 0.4) is 0 Å². The first kappa shape index (κ1) is 27.6. The molecule has 1 amide bonds. The molecule has 3 aromatic carbocycles. The van der Waals surface area contributed by atoms with Crippen LogP contribution in [-0.2, 0) is 22.6 Å². The number of halogens is 3. The van der Waals surface area contributed by atoms with E-state index in [2.05, 4.69) is 10.0 Å². The molecule has 38 heavy (non-hydrogen) atoms. The first-order chi connectivity index (χ1) is 17.8. The minimum absolute atomic E-state index is 0.126. The normalized spacial score (nSPS) is 18.8. The Labute approximate surface area is 218 Å². The molecule has 0 radical (unpaired) electrons. The van der Waals surface area contributed by atoms with Crippen molar-refractivity contribution in [2.75, 3.05) is 6.54 Å². The zero-order valence-corrected chi connectivity index (χ0v) is 21.4. The number of alkyl halides is 3. The molecule has 7 nitrogen and oxygen atoms in total. The van der Waals surface area contributed by atoms with Gasteiger partial charge in [-0.15, -0.1) is 0 Å². The Morgan fingerprint density at radius 3 is 2.37 bits per heavy atom. The summed E-state index contributed by atoms with van der Waals surface area (Å²) in [6.45, 7) is 3.39. The lowest BCUT2D eigenvalue weighted by Gasteiger charge is -2.42. The van der Waals surface area contributed by atoms with E-state index < -0.39 is 50.3 Å². The van der Waals surface area contributed by atoms with Crippen LogP contribution in [0.2, 0.25) is 0 Å². The molecule has 2 atom stereocenters. The average Bonchev–Trinajstić information content (AvgIpc) is 2.86. The topological polar surface area (TPSA) is 105 Å². The van der Waals surface area contributed by atoms with Gasteiger partial charge in [0.25, 0.3) is 5.91 Å². The van der Waals surface area contributed by atoms with Crippen LogP contribution in [0, 0.1) is 0 Å². The molecule has 0 unspecified atom stereocenters. The van der Waals surface area contributed by atoms with Gasteiger partial charge in [0.1, 0.15) is 17.5 Å². The van der Waals surface area contributed by atoms with Crippen LogP contribution in [-0.4, -0.2) is 37.7 Å². The molecular formula is C27H27F3N2O5S. The number of benzene rings is 3. The maximum absolute atomic E-state index is 13.5. The molecule has 0 aliphatic carbocycles. The van der Waals surface area contributed by atoms with Crippen molar-refractivity contribution in [3.05, 3.63) is 95.1 Å². The highest BCUT2D eigenvalue weighted by molar-refractivity contribution is 7.89. The standard InChI is InChI=1S/C27H27F3N2O5S/c1-26(2)24(33)23(32-38(35,36)22-11-7-6-10-20(22)27(28,29)30)19-16-18(12-13-21(19)37-26)25(34)31-15-14-17-8-4-3-5-9-17/h3-13,16,23-24,32-33H,14-15H2,1-2H3,(H,31,34)/t23-,24+/m1/s1. The van der Waals surface area contributed by atoms with E-state index in [9.17, 15) is 31.5 Å². The van der Waals surface area contributed by atoms with E-state index in [0.717, 1.165) is 17.7 Å². The van der Waals surface area contributed by atoms with Gasteiger partial charge >= 0.3 is 6.18 Å². The third kappa shape index (κ3) is 5.85.